The molecule has 3 aliphatic rings. The molecule has 0 unspecified atom stereocenters. The standard InChI is InChI=1S/C27H31N3O4/c1-34-22-9-5-8-21(14-22)28-27(33)29-15-23-26(24(17-31)30(23)25(32)16-29)20-12-10-19(11-13-20)18-6-3-2-4-7-18/h5-6,8-14,23-24,26,31H,2-4,7,15-17H2,1H3,(H,28,33)/t23-,24-,26+/m1/s1. The minimum absolute atomic E-state index is 0.00259. The summed E-state index contributed by atoms with van der Waals surface area (Å²) in [6.07, 6.45) is 7.08. The number of fused-ring (bicyclic) bond motifs is 1. The number of nitrogens with one attached hydrogen (secondary N) is 1. The van der Waals surface area contributed by atoms with E-state index in [0.717, 1.165) is 18.4 Å². The number of nitrogens with zero attached hydrogens (tertiary/aromatic N) is 2. The van der Waals surface area contributed by atoms with E-state index < -0.39 is 0 Å². The van der Waals surface area contributed by atoms with Gasteiger partial charge in [-0.05, 0) is 54.5 Å². The van der Waals surface area contributed by atoms with E-state index in [9.17, 15) is 14.7 Å². The van der Waals surface area contributed by atoms with Gasteiger partial charge >= 0.3 is 6.03 Å². The lowest BCUT2D eigenvalue weighted by Crippen LogP contribution is -2.73. The zero-order chi connectivity index (χ0) is 23.7. The van der Waals surface area contributed by atoms with Gasteiger partial charge in [-0.3, -0.25) is 4.79 Å². The molecule has 3 atom stereocenters. The Bertz CT molecular complexity index is 1100. The number of carbonyl (C=O) groups excluding carboxylic acids is 2. The number of rotatable bonds is 5. The minimum atomic E-state index is -0.313. The lowest BCUT2D eigenvalue weighted by Gasteiger charge is -2.58. The predicted octanol–water partition coefficient (Wildman–Crippen LogP) is 3.86. The van der Waals surface area contributed by atoms with Gasteiger partial charge in [0.2, 0.25) is 5.91 Å². The van der Waals surface area contributed by atoms with Crippen LogP contribution in [0.4, 0.5) is 10.5 Å². The van der Waals surface area contributed by atoms with E-state index in [2.05, 4.69) is 35.7 Å². The molecule has 0 spiro atoms. The Morgan fingerprint density at radius 2 is 2.00 bits per heavy atom. The summed E-state index contributed by atoms with van der Waals surface area (Å²) in [7, 11) is 1.58. The van der Waals surface area contributed by atoms with Crippen molar-refractivity contribution in [3.63, 3.8) is 0 Å². The van der Waals surface area contributed by atoms with Crippen LogP contribution in [-0.4, -0.2) is 65.7 Å². The van der Waals surface area contributed by atoms with Crippen molar-refractivity contribution in [3.05, 3.63) is 65.7 Å². The van der Waals surface area contributed by atoms with E-state index in [4.69, 9.17) is 4.74 Å². The van der Waals surface area contributed by atoms with Crippen LogP contribution >= 0.6 is 0 Å². The van der Waals surface area contributed by atoms with Gasteiger partial charge in [0, 0.05) is 24.2 Å². The summed E-state index contributed by atoms with van der Waals surface area (Å²) in [5.41, 5.74) is 4.37. The molecule has 2 heterocycles. The van der Waals surface area contributed by atoms with Crippen LogP contribution in [-0.2, 0) is 4.79 Å². The fourth-order valence-corrected chi connectivity index (χ4v) is 5.58. The number of ether oxygens (including phenoxy) is 1. The molecule has 0 aromatic heterocycles. The molecule has 5 rings (SSSR count). The van der Waals surface area contributed by atoms with Crippen LogP contribution in [0.3, 0.4) is 0 Å². The summed E-state index contributed by atoms with van der Waals surface area (Å²) in [6, 6.07) is 15.0. The van der Waals surface area contributed by atoms with E-state index in [1.807, 2.05) is 6.07 Å². The van der Waals surface area contributed by atoms with Crippen molar-refractivity contribution in [1.82, 2.24) is 9.80 Å². The molecule has 3 amide bonds. The molecule has 0 saturated carbocycles. The highest BCUT2D eigenvalue weighted by Gasteiger charge is 2.54. The van der Waals surface area contributed by atoms with Crippen molar-refractivity contribution in [2.75, 3.05) is 32.1 Å². The lowest BCUT2D eigenvalue weighted by molar-refractivity contribution is -0.159. The third-order valence-electron chi connectivity index (χ3n) is 7.32. The number of amides is 3. The first-order chi connectivity index (χ1) is 16.6. The number of urea groups is 1. The number of benzene rings is 2. The number of aliphatic hydroxyl groups excluding tert-OH is 1. The van der Waals surface area contributed by atoms with Crippen molar-refractivity contribution >= 4 is 23.2 Å². The highest BCUT2D eigenvalue weighted by atomic mass is 16.5. The Hall–Kier alpha value is -3.32. The summed E-state index contributed by atoms with van der Waals surface area (Å²) < 4.78 is 5.22. The molecular weight excluding hydrogens is 430 g/mol. The number of carbonyl (C=O) groups is 2. The quantitative estimate of drug-likeness (QED) is 0.709. The topological polar surface area (TPSA) is 82.1 Å². The van der Waals surface area contributed by atoms with Gasteiger partial charge in [0.05, 0.1) is 25.8 Å². The van der Waals surface area contributed by atoms with Crippen LogP contribution in [0.2, 0.25) is 0 Å². The molecular formula is C27H31N3O4. The Balaban J connectivity index is 1.31. The maximum absolute atomic E-state index is 13.0. The fraction of sp³-hybridized carbons (Fsp3) is 0.407. The van der Waals surface area contributed by atoms with Crippen LogP contribution in [0, 0.1) is 0 Å². The van der Waals surface area contributed by atoms with Crippen molar-refractivity contribution < 1.29 is 19.4 Å². The number of aliphatic hydroxyl groups is 1. The second-order valence-corrected chi connectivity index (χ2v) is 9.28. The molecule has 2 aliphatic heterocycles. The molecule has 0 bridgehead atoms. The van der Waals surface area contributed by atoms with Gasteiger partial charge in [0.15, 0.2) is 0 Å². The number of methoxy groups -OCH3 is 1. The molecule has 2 fully saturated rings. The molecule has 2 N–H and O–H groups in total. The highest BCUT2D eigenvalue weighted by molar-refractivity contribution is 5.94. The monoisotopic (exact) mass is 461 g/mol. The Morgan fingerprint density at radius 3 is 2.71 bits per heavy atom. The average molecular weight is 462 g/mol. The van der Waals surface area contributed by atoms with Crippen LogP contribution in [0.25, 0.3) is 5.57 Å². The minimum Gasteiger partial charge on any atom is -0.497 e. The van der Waals surface area contributed by atoms with Gasteiger partial charge in [-0.1, -0.05) is 36.4 Å². The summed E-state index contributed by atoms with van der Waals surface area (Å²) in [4.78, 5) is 29.2. The number of hydrogen-bond donors (Lipinski definition) is 2. The predicted molar refractivity (Wildman–Crippen MR) is 131 cm³/mol. The van der Waals surface area contributed by atoms with Crippen molar-refractivity contribution in [2.45, 2.75) is 43.7 Å². The number of anilines is 1. The van der Waals surface area contributed by atoms with E-state index in [1.54, 1.807) is 35.1 Å². The van der Waals surface area contributed by atoms with Gasteiger partial charge in [0.1, 0.15) is 12.3 Å². The first-order valence-corrected chi connectivity index (χ1v) is 12.0. The third-order valence-corrected chi connectivity index (χ3v) is 7.32. The third kappa shape index (κ3) is 4.16. The summed E-state index contributed by atoms with van der Waals surface area (Å²) >= 11 is 0. The maximum Gasteiger partial charge on any atom is 0.322 e. The number of piperazine rings is 1. The smallest absolute Gasteiger partial charge is 0.322 e. The summed E-state index contributed by atoms with van der Waals surface area (Å²) in [5, 5.41) is 12.9. The Morgan fingerprint density at radius 1 is 1.18 bits per heavy atom. The van der Waals surface area contributed by atoms with Crippen molar-refractivity contribution in [2.24, 2.45) is 0 Å². The lowest BCUT2D eigenvalue weighted by atomic mass is 9.73. The average Bonchev–Trinajstić information content (AvgIpc) is 2.86. The van der Waals surface area contributed by atoms with E-state index >= 15 is 0 Å². The largest absolute Gasteiger partial charge is 0.497 e. The number of allylic oxidation sites excluding steroid dienone is 2. The van der Waals surface area contributed by atoms with Crippen molar-refractivity contribution in [1.29, 1.82) is 0 Å². The van der Waals surface area contributed by atoms with Crippen LogP contribution in [0.5, 0.6) is 5.75 Å². The second kappa shape index (κ2) is 9.50. The van der Waals surface area contributed by atoms with Gasteiger partial charge in [-0.2, -0.15) is 0 Å². The molecule has 2 aromatic rings. The molecule has 1 aliphatic carbocycles. The second-order valence-electron chi connectivity index (χ2n) is 9.28. The van der Waals surface area contributed by atoms with Gasteiger partial charge < -0.3 is 25.0 Å². The molecule has 7 nitrogen and oxygen atoms in total. The van der Waals surface area contributed by atoms with Gasteiger partial charge in [0.25, 0.3) is 0 Å². The Labute approximate surface area is 200 Å². The van der Waals surface area contributed by atoms with E-state index in [1.165, 1.54) is 24.0 Å². The van der Waals surface area contributed by atoms with Crippen LogP contribution < -0.4 is 10.1 Å². The number of hydrogen-bond acceptors (Lipinski definition) is 4. The van der Waals surface area contributed by atoms with Crippen LogP contribution in [0.15, 0.2) is 54.6 Å². The normalized spacial score (nSPS) is 24.1. The first-order valence-electron chi connectivity index (χ1n) is 12.0. The molecule has 0 radical (unpaired) electrons. The maximum atomic E-state index is 13.0. The van der Waals surface area contributed by atoms with Crippen molar-refractivity contribution in [3.8, 4) is 5.75 Å². The first kappa shape index (κ1) is 22.5. The molecule has 34 heavy (non-hydrogen) atoms. The zero-order valence-corrected chi connectivity index (χ0v) is 19.4. The molecule has 178 valence electrons. The fourth-order valence-electron chi connectivity index (χ4n) is 5.58. The highest BCUT2D eigenvalue weighted by Crippen LogP contribution is 2.43. The molecule has 2 aromatic carbocycles. The molecule has 2 saturated heterocycles. The summed E-state index contributed by atoms with van der Waals surface area (Å²) in [5.74, 6) is 0.517. The summed E-state index contributed by atoms with van der Waals surface area (Å²) in [6.45, 7) is 0.341. The van der Waals surface area contributed by atoms with E-state index in [-0.39, 0.29) is 43.1 Å². The zero-order valence-electron chi connectivity index (χ0n) is 19.4. The van der Waals surface area contributed by atoms with Gasteiger partial charge in [-0.15, -0.1) is 0 Å². The Kier molecular flexibility index (Phi) is 6.28. The molecule has 7 heteroatoms. The SMILES string of the molecule is COc1cccc(NC(=O)N2CC(=O)N3[C@H](CO)[C@@H](c4ccc(C5=CCCCC5)cc4)[C@H]3C2)c1. The van der Waals surface area contributed by atoms with E-state index in [0.29, 0.717) is 18.0 Å². The van der Waals surface area contributed by atoms with Gasteiger partial charge in [-0.25, -0.2) is 4.79 Å². The van der Waals surface area contributed by atoms with Crippen LogP contribution in [0.1, 0.15) is 42.7 Å².